The third-order valence-corrected chi connectivity index (χ3v) is 7.65. The highest BCUT2D eigenvalue weighted by Crippen LogP contribution is 2.34. The summed E-state index contributed by atoms with van der Waals surface area (Å²) in [5.74, 6) is -0.472. The summed E-state index contributed by atoms with van der Waals surface area (Å²) in [5, 5.41) is 4.42. The maximum atomic E-state index is 13.4. The van der Waals surface area contributed by atoms with E-state index < -0.39 is 16.0 Å². The molecule has 0 N–H and O–H groups in total. The smallest absolute Gasteiger partial charge is 0.342 e. The Labute approximate surface area is 203 Å². The van der Waals surface area contributed by atoms with Crippen LogP contribution >= 0.6 is 0 Å². The molecule has 0 saturated heterocycles. The number of rotatable bonds is 7. The summed E-state index contributed by atoms with van der Waals surface area (Å²) >= 11 is 0. The molecule has 0 radical (unpaired) electrons. The number of aromatic nitrogens is 2. The Morgan fingerprint density at radius 2 is 1.77 bits per heavy atom. The molecule has 178 valence electrons. The number of fused-ring (bicyclic) bond motifs is 1. The molecule has 0 fully saturated rings. The zero-order valence-electron chi connectivity index (χ0n) is 19.0. The van der Waals surface area contributed by atoms with Crippen LogP contribution in [0.3, 0.4) is 0 Å². The van der Waals surface area contributed by atoms with Crippen LogP contribution < -0.4 is 9.04 Å². The number of hydrogen-bond acceptors (Lipinski definition) is 6. The average molecular weight is 490 g/mol. The topological polar surface area (TPSA) is 90.7 Å². The van der Waals surface area contributed by atoms with Gasteiger partial charge in [0.2, 0.25) is 0 Å². The minimum atomic E-state index is -3.87. The first-order valence-corrected chi connectivity index (χ1v) is 12.5. The molecule has 0 aliphatic carbocycles. The quantitative estimate of drug-likeness (QED) is 0.365. The van der Waals surface area contributed by atoms with Crippen LogP contribution in [0.5, 0.6) is 5.75 Å². The van der Waals surface area contributed by atoms with E-state index in [-0.39, 0.29) is 22.8 Å². The molecule has 0 amide bonds. The molecule has 1 aliphatic heterocycles. The van der Waals surface area contributed by atoms with Gasteiger partial charge in [-0.2, -0.15) is 5.10 Å². The maximum Gasteiger partial charge on any atom is 0.342 e. The van der Waals surface area contributed by atoms with Crippen molar-refractivity contribution < 1.29 is 22.7 Å². The van der Waals surface area contributed by atoms with Crippen LogP contribution in [0.2, 0.25) is 0 Å². The molecule has 4 aromatic rings. The van der Waals surface area contributed by atoms with Crippen molar-refractivity contribution in [1.29, 1.82) is 0 Å². The molecule has 5 rings (SSSR count). The van der Waals surface area contributed by atoms with Crippen LogP contribution in [0.4, 0.5) is 5.69 Å². The van der Waals surface area contributed by atoms with Gasteiger partial charge in [-0.15, -0.1) is 0 Å². The van der Waals surface area contributed by atoms with E-state index in [1.807, 2.05) is 48.5 Å². The van der Waals surface area contributed by atoms with Crippen molar-refractivity contribution >= 4 is 21.7 Å². The van der Waals surface area contributed by atoms with Crippen molar-refractivity contribution in [3.63, 3.8) is 0 Å². The second-order valence-electron chi connectivity index (χ2n) is 7.98. The van der Waals surface area contributed by atoms with E-state index >= 15 is 0 Å². The van der Waals surface area contributed by atoms with E-state index in [0.717, 1.165) is 11.3 Å². The van der Waals surface area contributed by atoms with Crippen LogP contribution in [0, 0.1) is 0 Å². The van der Waals surface area contributed by atoms with Crippen LogP contribution in [0.1, 0.15) is 21.6 Å². The van der Waals surface area contributed by atoms with Gasteiger partial charge in [0.25, 0.3) is 10.0 Å². The first-order chi connectivity index (χ1) is 17.0. The predicted molar refractivity (Wildman–Crippen MR) is 130 cm³/mol. The molecule has 9 heteroatoms. The Kier molecular flexibility index (Phi) is 6.00. The van der Waals surface area contributed by atoms with Gasteiger partial charge in [0.15, 0.2) is 0 Å². The van der Waals surface area contributed by atoms with E-state index in [0.29, 0.717) is 24.3 Å². The molecular weight excluding hydrogens is 466 g/mol. The highest BCUT2D eigenvalue weighted by molar-refractivity contribution is 7.92. The normalized spacial score (nSPS) is 12.9. The van der Waals surface area contributed by atoms with Crippen molar-refractivity contribution in [3.05, 3.63) is 102 Å². The summed E-state index contributed by atoms with van der Waals surface area (Å²) in [4.78, 5) is 12.9. The fraction of sp³-hybridized carbons (Fsp3) is 0.154. The van der Waals surface area contributed by atoms with Crippen LogP contribution in [0.15, 0.2) is 90.0 Å². The monoisotopic (exact) mass is 489 g/mol. The van der Waals surface area contributed by atoms with E-state index in [9.17, 15) is 13.2 Å². The highest BCUT2D eigenvalue weighted by Gasteiger charge is 2.31. The lowest BCUT2D eigenvalue weighted by molar-refractivity contribution is 0.0463. The third kappa shape index (κ3) is 4.38. The molecule has 0 spiro atoms. The summed E-state index contributed by atoms with van der Waals surface area (Å²) < 4.78 is 40.6. The molecule has 1 aliphatic rings. The molecule has 0 saturated carbocycles. The largest absolute Gasteiger partial charge is 0.496 e. The van der Waals surface area contributed by atoms with Gasteiger partial charge in [0.05, 0.1) is 23.4 Å². The lowest BCUT2D eigenvalue weighted by Crippen LogP contribution is -2.29. The number of para-hydroxylation sites is 2. The van der Waals surface area contributed by atoms with Gasteiger partial charge < -0.3 is 9.47 Å². The Balaban J connectivity index is 1.36. The fourth-order valence-corrected chi connectivity index (χ4v) is 5.60. The van der Waals surface area contributed by atoms with Crippen molar-refractivity contribution in [2.75, 3.05) is 18.0 Å². The lowest BCUT2D eigenvalue weighted by Gasteiger charge is -2.20. The van der Waals surface area contributed by atoms with Crippen LogP contribution in [-0.2, 0) is 27.8 Å². The molecule has 2 heterocycles. The summed E-state index contributed by atoms with van der Waals surface area (Å²) in [7, 11) is -2.46. The first kappa shape index (κ1) is 22.7. The van der Waals surface area contributed by atoms with E-state index in [2.05, 4.69) is 5.10 Å². The van der Waals surface area contributed by atoms with E-state index in [4.69, 9.17) is 9.47 Å². The lowest BCUT2D eigenvalue weighted by atomic mass is 10.2. The molecule has 0 atom stereocenters. The number of anilines is 1. The summed E-state index contributed by atoms with van der Waals surface area (Å²) in [6, 6.07) is 22.9. The van der Waals surface area contributed by atoms with E-state index in [1.54, 1.807) is 23.0 Å². The number of sulfonamides is 1. The van der Waals surface area contributed by atoms with Crippen molar-refractivity contribution in [1.82, 2.24) is 9.78 Å². The Morgan fingerprint density at radius 3 is 2.57 bits per heavy atom. The van der Waals surface area contributed by atoms with Crippen molar-refractivity contribution in [2.45, 2.75) is 17.9 Å². The maximum absolute atomic E-state index is 13.4. The van der Waals surface area contributed by atoms with Gasteiger partial charge in [-0.3, -0.25) is 4.31 Å². The number of methoxy groups -OCH3 is 1. The van der Waals surface area contributed by atoms with Crippen molar-refractivity contribution in [3.8, 4) is 11.4 Å². The highest BCUT2D eigenvalue weighted by atomic mass is 32.2. The number of esters is 1. The molecule has 35 heavy (non-hydrogen) atoms. The molecule has 0 bridgehead atoms. The Bertz CT molecular complexity index is 1480. The zero-order valence-corrected chi connectivity index (χ0v) is 19.8. The first-order valence-electron chi connectivity index (χ1n) is 11.0. The number of benzene rings is 3. The minimum absolute atomic E-state index is 0.00434. The molecule has 8 nitrogen and oxygen atoms in total. The van der Waals surface area contributed by atoms with Crippen molar-refractivity contribution in [2.24, 2.45) is 0 Å². The number of nitrogens with zero attached hydrogens (tertiary/aromatic N) is 3. The molecule has 1 aromatic heterocycles. The third-order valence-electron chi connectivity index (χ3n) is 5.84. The van der Waals surface area contributed by atoms with Gasteiger partial charge in [-0.1, -0.05) is 36.4 Å². The Hall–Kier alpha value is -4.11. The van der Waals surface area contributed by atoms with Crippen LogP contribution in [0.25, 0.3) is 5.69 Å². The second-order valence-corrected chi connectivity index (χ2v) is 9.84. The number of carbonyl (C=O) groups is 1. The van der Waals surface area contributed by atoms with Gasteiger partial charge in [0.1, 0.15) is 23.6 Å². The van der Waals surface area contributed by atoms with Crippen LogP contribution in [-0.4, -0.2) is 37.8 Å². The molecule has 3 aromatic carbocycles. The summed E-state index contributed by atoms with van der Waals surface area (Å²) in [6.07, 6.45) is 2.41. The predicted octanol–water partition coefficient (Wildman–Crippen LogP) is 3.99. The standard InChI is InChI=1S/C26H23N3O5S/c1-33-25-12-11-22(35(31,32)29-16-13-19-7-5-6-10-24(19)29)17-23(25)26(30)34-18-20-14-15-28(27-20)21-8-3-2-4-9-21/h2-12,14-15,17H,13,16,18H2,1H3. The van der Waals surface area contributed by atoms with Gasteiger partial charge >= 0.3 is 5.97 Å². The second kappa shape index (κ2) is 9.27. The van der Waals surface area contributed by atoms with Gasteiger partial charge in [0, 0.05) is 12.7 Å². The minimum Gasteiger partial charge on any atom is -0.496 e. The number of hydrogen-bond donors (Lipinski definition) is 0. The van der Waals surface area contributed by atoms with E-state index in [1.165, 1.54) is 29.6 Å². The number of carbonyl (C=O) groups excluding carboxylic acids is 1. The Morgan fingerprint density at radius 1 is 1.00 bits per heavy atom. The number of ether oxygens (including phenoxy) is 2. The van der Waals surface area contributed by atoms with Gasteiger partial charge in [-0.05, 0) is 54.4 Å². The fourth-order valence-electron chi connectivity index (χ4n) is 4.07. The SMILES string of the molecule is COc1ccc(S(=O)(=O)N2CCc3ccccc32)cc1C(=O)OCc1ccn(-c2ccccc2)n1. The molecule has 0 unspecified atom stereocenters. The van der Waals surface area contributed by atoms with Gasteiger partial charge in [-0.25, -0.2) is 17.9 Å². The molecular formula is C26H23N3O5S. The zero-order chi connectivity index (χ0) is 24.4. The summed E-state index contributed by atoms with van der Waals surface area (Å²) in [6.45, 7) is 0.274. The average Bonchev–Trinajstić information content (AvgIpc) is 3.55. The summed E-state index contributed by atoms with van der Waals surface area (Å²) in [5.41, 5.74) is 3.09.